The Kier molecular flexibility index (Phi) is 16.3. The van der Waals surface area contributed by atoms with Crippen molar-refractivity contribution in [3.05, 3.63) is 212 Å². The number of aliphatic hydroxyl groups excluding tert-OH is 1. The van der Waals surface area contributed by atoms with Crippen LogP contribution in [0, 0.1) is 30.7 Å². The molecule has 10 rings (SSSR count). The predicted octanol–water partition coefficient (Wildman–Crippen LogP) is 9.16. The minimum Gasteiger partial charge on any atom is -0.618 e. The molecule has 0 aliphatic heterocycles. The highest BCUT2D eigenvalue weighted by Crippen LogP contribution is 2.34. The van der Waals surface area contributed by atoms with Crippen molar-refractivity contribution in [3.63, 3.8) is 0 Å². The maximum Gasteiger partial charge on any atom is 0.284 e. The van der Waals surface area contributed by atoms with Crippen LogP contribution in [0.2, 0.25) is 0 Å². The van der Waals surface area contributed by atoms with E-state index in [4.69, 9.17) is 18.9 Å². The summed E-state index contributed by atoms with van der Waals surface area (Å²) < 4.78 is 57.2. The number of rotatable bonds is 16. The van der Waals surface area contributed by atoms with E-state index in [1.54, 1.807) is 124 Å². The minimum absolute atomic E-state index is 0.00284. The Balaban J connectivity index is 0.000000198. The Morgan fingerprint density at radius 3 is 1.94 bits per heavy atom. The van der Waals surface area contributed by atoms with Crippen molar-refractivity contribution in [1.82, 2.24) is 28.7 Å². The number of pyridine rings is 3. The summed E-state index contributed by atoms with van der Waals surface area (Å²) in [6.07, 6.45) is 3.46. The van der Waals surface area contributed by atoms with Gasteiger partial charge in [-0.3, -0.25) is 33.5 Å². The lowest BCUT2D eigenvalue weighted by Crippen LogP contribution is -2.32. The number of carbonyl (C=O) groups excluding carboxylic acids is 2. The molecule has 0 aliphatic rings. The van der Waals surface area contributed by atoms with Gasteiger partial charge in [-0.15, -0.1) is 0 Å². The van der Waals surface area contributed by atoms with Crippen LogP contribution in [0.5, 0.6) is 34.5 Å². The Hall–Kier alpha value is -10.2. The van der Waals surface area contributed by atoms with E-state index in [0.717, 1.165) is 10.8 Å². The highest BCUT2D eigenvalue weighted by atomic mass is 19.1. The van der Waals surface area contributed by atoms with E-state index < -0.39 is 46.3 Å². The van der Waals surface area contributed by atoms with Crippen LogP contribution >= 0.6 is 0 Å². The zero-order valence-corrected chi connectivity index (χ0v) is 45.4. The van der Waals surface area contributed by atoms with Crippen LogP contribution in [0.3, 0.4) is 0 Å². The molecule has 1 unspecified atom stereocenters. The van der Waals surface area contributed by atoms with E-state index in [0.29, 0.717) is 67.6 Å². The third-order valence-electron chi connectivity index (χ3n) is 12.9. The van der Waals surface area contributed by atoms with Gasteiger partial charge in [0.25, 0.3) is 22.9 Å². The van der Waals surface area contributed by atoms with Gasteiger partial charge >= 0.3 is 0 Å². The molecule has 0 saturated heterocycles. The van der Waals surface area contributed by atoms with Gasteiger partial charge in [-0.25, -0.2) is 23.1 Å². The summed E-state index contributed by atoms with van der Waals surface area (Å²) in [5.41, 5.74) is 0.0655. The summed E-state index contributed by atoms with van der Waals surface area (Å²) in [6.45, 7) is 8.12. The van der Waals surface area contributed by atoms with Crippen LogP contribution < -0.4 is 45.4 Å². The molecule has 2 amide bonds. The standard InChI is InChI=1S/C30H26F2N4O5.C30H29N5O6/c1-17(37)16-35-18(2)28(30(39)36(35)21-7-4-19(31)5-8-21)29(38)34-20-6-11-27(24(32)14-20)41-26-12-13-33-25-15-22(40-3)9-10-23(25)26;1-19-27(29(37)35(20-8-6-5-7-9-20)33(19)18-30(2,3)38)28(36)32-26-13-11-22(17-31-26)41-25-14-15-34(39)24-16-21(40-4)10-12-23(24)25/h4-15,17,37H,16H2,1-3H3,(H,34,38);5-17,38H,18H2,1-4H3,(H,31,32,36). The van der Waals surface area contributed by atoms with Gasteiger partial charge in [-0.05, 0) is 126 Å². The number of ether oxygens (including phenoxy) is 4. The van der Waals surface area contributed by atoms with Gasteiger partial charge in [-0.2, -0.15) is 4.73 Å². The van der Waals surface area contributed by atoms with Crippen LogP contribution in [0.1, 0.15) is 52.9 Å². The molecule has 0 radical (unpaired) electrons. The quantitative estimate of drug-likeness (QED) is 0.0522. The second-order valence-electron chi connectivity index (χ2n) is 19.5. The Morgan fingerprint density at radius 2 is 1.30 bits per heavy atom. The van der Waals surface area contributed by atoms with Gasteiger partial charge in [0.15, 0.2) is 17.8 Å². The van der Waals surface area contributed by atoms with Crippen molar-refractivity contribution < 1.29 is 52.3 Å². The summed E-state index contributed by atoms with van der Waals surface area (Å²) in [6, 6.07) is 34.6. The summed E-state index contributed by atoms with van der Waals surface area (Å²) in [7, 11) is 3.07. The zero-order chi connectivity index (χ0) is 58.6. The molecule has 22 heteroatoms. The van der Waals surface area contributed by atoms with Crippen molar-refractivity contribution >= 4 is 45.1 Å². The largest absolute Gasteiger partial charge is 0.618 e. The molecule has 0 fully saturated rings. The third kappa shape index (κ3) is 12.2. The van der Waals surface area contributed by atoms with Crippen LogP contribution in [0.4, 0.5) is 20.3 Å². The molecule has 5 heterocycles. The lowest BCUT2D eigenvalue weighted by atomic mass is 10.1. The molecule has 20 nitrogen and oxygen atoms in total. The smallest absolute Gasteiger partial charge is 0.284 e. The monoisotopic (exact) mass is 1120 g/mol. The number of amides is 2. The van der Waals surface area contributed by atoms with Crippen molar-refractivity contribution in [1.29, 1.82) is 0 Å². The SMILES string of the molecule is COc1ccc2c(Oc3ccc(NC(=O)c4c(C)n(CC(C)(C)O)n(-c5ccccc5)c4=O)nc3)cc[n+]([O-])c2c1.COc1ccc2c(Oc3ccc(NC(=O)c4c(C)n(CC(C)O)n(-c5ccc(F)cc5)c4=O)cc3F)ccnc2c1. The van der Waals surface area contributed by atoms with Gasteiger partial charge < -0.3 is 45.0 Å². The number of hydrogen-bond donors (Lipinski definition) is 4. The molecule has 0 aliphatic carbocycles. The van der Waals surface area contributed by atoms with Gasteiger partial charge in [0.1, 0.15) is 51.5 Å². The molecule has 0 bridgehead atoms. The first-order valence-electron chi connectivity index (χ1n) is 25.4. The summed E-state index contributed by atoms with van der Waals surface area (Å²) in [5, 5.41) is 39.2. The minimum atomic E-state index is -1.14. The summed E-state index contributed by atoms with van der Waals surface area (Å²) >= 11 is 0. The third-order valence-corrected chi connectivity index (χ3v) is 12.9. The number of carbonyl (C=O) groups is 2. The number of halogens is 2. The van der Waals surface area contributed by atoms with Gasteiger partial charge in [0, 0.05) is 35.5 Å². The van der Waals surface area contributed by atoms with Crippen LogP contribution in [-0.2, 0) is 13.1 Å². The number of fused-ring (bicyclic) bond motifs is 2. The van der Waals surface area contributed by atoms with E-state index in [1.165, 1.54) is 83.1 Å². The zero-order valence-electron chi connectivity index (χ0n) is 45.4. The normalized spacial score (nSPS) is 11.6. The number of anilines is 2. The molecule has 5 aromatic carbocycles. The molecule has 0 spiro atoms. The second-order valence-corrected chi connectivity index (χ2v) is 19.5. The number of hydrogen-bond acceptors (Lipinski definition) is 13. The van der Waals surface area contributed by atoms with E-state index in [2.05, 4.69) is 20.6 Å². The average molecular weight is 1120 g/mol. The first-order chi connectivity index (χ1) is 39.2. The number of nitrogens with zero attached hydrogens (tertiary/aromatic N) is 7. The average Bonchev–Trinajstić information content (AvgIpc) is 3.34. The molecule has 5 aromatic heterocycles. The van der Waals surface area contributed by atoms with Gasteiger partial charge in [0.05, 0.1) is 84.9 Å². The molecule has 420 valence electrons. The van der Waals surface area contributed by atoms with E-state index >= 15 is 4.39 Å². The van der Waals surface area contributed by atoms with Crippen molar-refractivity contribution in [3.8, 4) is 45.9 Å². The number of aromatic nitrogens is 7. The Labute approximate surface area is 466 Å². The number of benzene rings is 5. The molecule has 82 heavy (non-hydrogen) atoms. The van der Waals surface area contributed by atoms with Crippen LogP contribution in [0.25, 0.3) is 33.2 Å². The summed E-state index contributed by atoms with van der Waals surface area (Å²) in [4.78, 5) is 62.0. The summed E-state index contributed by atoms with van der Waals surface area (Å²) in [5.74, 6) is -0.134. The molecule has 10 aromatic rings. The predicted molar refractivity (Wildman–Crippen MR) is 302 cm³/mol. The number of methoxy groups -OCH3 is 2. The maximum absolute atomic E-state index is 15.1. The van der Waals surface area contributed by atoms with E-state index in [-0.39, 0.29) is 47.2 Å². The van der Waals surface area contributed by atoms with Crippen LogP contribution in [-0.4, -0.2) is 76.6 Å². The highest BCUT2D eigenvalue weighted by molar-refractivity contribution is 6.05. The topological polar surface area (TPSA) is 242 Å². The van der Waals surface area contributed by atoms with Gasteiger partial charge in [0.2, 0.25) is 5.52 Å². The van der Waals surface area contributed by atoms with E-state index in [9.17, 15) is 39.0 Å². The fourth-order valence-electron chi connectivity index (χ4n) is 9.05. The maximum atomic E-state index is 15.1. The van der Waals surface area contributed by atoms with Gasteiger partial charge in [-0.1, -0.05) is 18.2 Å². The Morgan fingerprint density at radius 1 is 0.695 bits per heavy atom. The van der Waals surface area contributed by atoms with Crippen molar-refractivity contribution in [2.75, 3.05) is 24.9 Å². The van der Waals surface area contributed by atoms with Crippen molar-refractivity contribution in [2.45, 2.75) is 59.4 Å². The number of para-hydroxylation sites is 1. The number of aliphatic hydroxyl groups is 2. The fourth-order valence-corrected chi connectivity index (χ4v) is 9.05. The molecular formula is C60H55F2N9O11. The molecule has 0 saturated carbocycles. The van der Waals surface area contributed by atoms with Crippen LogP contribution in [0.15, 0.2) is 162 Å². The lowest BCUT2D eigenvalue weighted by molar-refractivity contribution is -0.577. The molecular weight excluding hydrogens is 1060 g/mol. The molecule has 1 atom stereocenters. The second kappa shape index (κ2) is 23.6. The number of nitrogens with one attached hydrogen (secondary N) is 2. The Bertz CT molecular complexity index is 4140. The first kappa shape index (κ1) is 56.5. The molecule has 4 N–H and O–H groups in total. The highest BCUT2D eigenvalue weighted by Gasteiger charge is 2.28. The first-order valence-corrected chi connectivity index (χ1v) is 25.4. The van der Waals surface area contributed by atoms with Crippen molar-refractivity contribution in [2.24, 2.45) is 0 Å². The van der Waals surface area contributed by atoms with E-state index in [1.807, 2.05) is 6.07 Å². The fraction of sp³-hybridized carbons (Fsp3) is 0.183. The lowest BCUT2D eigenvalue weighted by Gasteiger charge is -2.22.